The summed E-state index contributed by atoms with van der Waals surface area (Å²) < 4.78 is 64.7. The third-order valence-corrected chi connectivity index (χ3v) is 28.9. The molecule has 5 saturated heterocycles. The fourth-order valence-corrected chi connectivity index (χ4v) is 21.8. The molecule has 134 heavy (non-hydrogen) atoms. The zero-order chi connectivity index (χ0) is 94.8. The van der Waals surface area contributed by atoms with Crippen molar-refractivity contribution in [1.29, 1.82) is 5.53 Å². The van der Waals surface area contributed by atoms with Crippen molar-refractivity contribution >= 4 is 185 Å². The van der Waals surface area contributed by atoms with Crippen LogP contribution in [0.1, 0.15) is 113 Å². The van der Waals surface area contributed by atoms with E-state index in [2.05, 4.69) is 188 Å². The van der Waals surface area contributed by atoms with Crippen LogP contribution >= 0.6 is 73.5 Å². The number of aldehydes is 1. The molecule has 6 aliphatic rings. The molecule has 14 heterocycles. The van der Waals surface area contributed by atoms with Crippen LogP contribution in [0.5, 0.6) is 0 Å². The number of rotatable bonds is 16. The first kappa shape index (κ1) is 102. The van der Waals surface area contributed by atoms with Gasteiger partial charge in [0.25, 0.3) is 0 Å². The second-order valence-electron chi connectivity index (χ2n) is 33.1. The third-order valence-electron chi connectivity index (χ3n) is 22.5. The number of piperidine rings is 3. The number of imidazole rings is 3. The Bertz CT molecular complexity index is 6280. The van der Waals surface area contributed by atoms with E-state index in [1.807, 2.05) is 139 Å². The van der Waals surface area contributed by atoms with Crippen LogP contribution in [0.25, 0.3) is 47.6 Å². The molecule has 3 aromatic carbocycles. The Morgan fingerprint density at radius 3 is 1.37 bits per heavy atom. The second-order valence-corrected chi connectivity index (χ2v) is 39.7. The predicted octanol–water partition coefficient (Wildman–Crippen LogP) is 14.5. The molecule has 2 amide bonds. The standard InChI is InChI=1S/C27H33N7O3S2.C22H25N7OS2.C20H29N5O2S.C7H5BrN2S.C2HF3O.H3N17.Na/c1-16-21(32-25(35)37-26(2,3)4)27(15-36-16)8-11-33(12-9-27)24-30-14-19(22-29-10-13-34(22)24)38-18-7-5-6-17-20(18)39-23(28)31-17;1-13-18(23)22(12-30-13)5-8-28(9-6-22)21-26-11-16(19-25-7-10-29(19)21)31-15-4-2-3-14-17(15)32-20(24)27-14;1-19(2,3)27-18(26)23-15-5-4-6-20(15)7-10-24(11-8-20)17-22-13-14(28)16-21-9-12-25(16)17;8-4-2-1-3-5-6(4)11-7(9)10-5;3-2(4,5)1-6;1-3-5-7-9-11-13-15-17-16-14-12-10-8-6-4-2;/h5-7,10,13-14,16,21H,8-9,11-12,15H2,1-4H3,(H2,28,31)(H,32,35);2-4,7,10-11,13,18H,5-6,8-9,12,23H2,1H3,(H2,24,27);9,12-13,15,28H,4-8,10-11H2,1-3H3,(H,23,26);1-3H,(H2,9,10);1H;(H3,1,2,5,6,9,10,13,14,17);/q;;;;;;+1/p-1/t16-,21+;13-,18+;15-;;;;/m001..../s1. The number of nitrogens with zero attached hydrogens (tertiary/aromatic N) is 30. The maximum atomic E-state index is 12.6. The summed E-state index contributed by atoms with van der Waals surface area (Å²) in [6.45, 7) is 22.0. The van der Waals surface area contributed by atoms with Gasteiger partial charge in [0.1, 0.15) is 16.8 Å². The summed E-state index contributed by atoms with van der Waals surface area (Å²) in [5, 5.41) is 51.3. The van der Waals surface area contributed by atoms with Gasteiger partial charge >= 0.3 is 47.9 Å². The molecule has 0 bridgehead atoms. The number of alkyl carbamates (subject to hydrolysis) is 2. The molecule has 13 N–H and O–H groups in total. The van der Waals surface area contributed by atoms with Gasteiger partial charge in [-0.25, -0.2) is 54.4 Å². The van der Waals surface area contributed by atoms with Crippen molar-refractivity contribution in [1.82, 2.24) is 68.7 Å². The third kappa shape index (κ3) is 25.7. The van der Waals surface area contributed by atoms with Crippen LogP contribution in [0.15, 0.2) is 218 Å². The van der Waals surface area contributed by atoms with Gasteiger partial charge < -0.3 is 85.7 Å². The van der Waals surface area contributed by atoms with Gasteiger partial charge in [0.15, 0.2) is 26.7 Å². The minimum absolute atomic E-state index is 0. The molecule has 704 valence electrons. The van der Waals surface area contributed by atoms with Crippen molar-refractivity contribution in [3.63, 3.8) is 0 Å². The average Bonchev–Trinajstić information content (AvgIpc) is 1.57. The summed E-state index contributed by atoms with van der Waals surface area (Å²) in [4.78, 5) is 86.3. The SMILES string of the molecule is CC(C)(C)OC(=O)N[C@@H]1CCCC12CCN(c1ncc([S-])c3nccn13)CC2.C[C@@H]1OCC2(CCN(c3ncc(Sc4cccc5nc(N)sc45)c4nccn34)CC2)[C@@H]1N.C[C@@H]1OCC2(CCN(c3ncc(Sc4cccc5nc(N)sc45)c4nccn34)CC2)[C@@H]1NC(=O)OC(C)(C)C.N=N/N=N/N=N/N=N/N=N/N=N/N=N/N=N/N.Nc1nc2cccc(Br)c2s1.O=CC(F)(F)F.[Na+]. The summed E-state index contributed by atoms with van der Waals surface area (Å²) in [7, 11) is 0. The van der Waals surface area contributed by atoms with E-state index in [9.17, 15) is 22.8 Å². The zero-order valence-electron chi connectivity index (χ0n) is 74.0. The topological polar surface area (TPSA) is 591 Å². The summed E-state index contributed by atoms with van der Waals surface area (Å²) in [5.41, 5.74) is 34.5. The quantitative estimate of drug-likeness (QED) is 0.0111. The molecule has 12 aromatic rings. The first-order valence-electron chi connectivity index (χ1n) is 41.4. The van der Waals surface area contributed by atoms with E-state index in [4.69, 9.17) is 74.8 Å². The van der Waals surface area contributed by atoms with E-state index < -0.39 is 29.8 Å². The van der Waals surface area contributed by atoms with Gasteiger partial charge in [0, 0.05) is 132 Å². The maximum Gasteiger partial charge on any atom is 1.00 e. The number of halogens is 4. The number of nitrogens with one attached hydrogen (secondary N) is 3. The van der Waals surface area contributed by atoms with E-state index >= 15 is 0 Å². The number of thiazole rings is 3. The number of carbonyl (C=O) groups is 3. The summed E-state index contributed by atoms with van der Waals surface area (Å²) in [5.74, 6) is 7.27. The van der Waals surface area contributed by atoms with Gasteiger partial charge in [0.2, 0.25) is 24.1 Å². The Balaban J connectivity index is 0.000000155. The molecule has 18 rings (SSSR count). The number of hydrogen-bond donors (Lipinski definition) is 8. The molecule has 5 aliphatic heterocycles. The maximum absolute atomic E-state index is 12.6. The van der Waals surface area contributed by atoms with Crippen LogP contribution in [0.2, 0.25) is 0 Å². The summed E-state index contributed by atoms with van der Waals surface area (Å²) in [6.07, 6.45) is 19.7. The molecule has 0 unspecified atom stereocenters. The fourth-order valence-electron chi connectivity index (χ4n) is 16.4. The molecule has 9 aromatic heterocycles. The minimum Gasteiger partial charge on any atom is -0.775 e. The molecule has 6 fully saturated rings. The van der Waals surface area contributed by atoms with E-state index in [0.29, 0.717) is 26.9 Å². The average molecular weight is 2030 g/mol. The van der Waals surface area contributed by atoms with Crippen LogP contribution in [0.4, 0.5) is 56.0 Å². The number of amides is 2. The van der Waals surface area contributed by atoms with Crippen LogP contribution in [0.3, 0.4) is 0 Å². The van der Waals surface area contributed by atoms with Crippen molar-refractivity contribution < 1.29 is 76.1 Å². The number of carbonyl (C=O) groups excluding carboxylic acids is 3. The first-order chi connectivity index (χ1) is 63.7. The van der Waals surface area contributed by atoms with Crippen molar-refractivity contribution in [3.8, 4) is 0 Å². The van der Waals surface area contributed by atoms with E-state index in [-0.39, 0.29) is 82.2 Å². The van der Waals surface area contributed by atoms with E-state index in [1.165, 1.54) is 34.0 Å². The molecule has 45 nitrogen and oxygen atoms in total. The zero-order valence-corrected chi connectivity index (χ0v) is 82.5. The smallest absolute Gasteiger partial charge is 0.775 e. The van der Waals surface area contributed by atoms with Crippen LogP contribution in [-0.2, 0) is 36.4 Å². The molecular weight excluding hydrogens is 1930 g/mol. The number of nitrogens with two attached hydrogens (primary N) is 5. The van der Waals surface area contributed by atoms with Gasteiger partial charge in [-0.3, -0.25) is 18.0 Å². The predicted molar refractivity (Wildman–Crippen MR) is 499 cm³/mol. The van der Waals surface area contributed by atoms with Gasteiger partial charge in [-0.2, -0.15) is 18.7 Å². The van der Waals surface area contributed by atoms with Crippen molar-refractivity contribution in [2.24, 2.45) is 106 Å². The number of ether oxygens (including phenoxy) is 4. The second kappa shape index (κ2) is 45.5. The monoisotopic (exact) mass is 2030 g/mol. The minimum atomic E-state index is -4.64. The number of aromatic nitrogens is 12. The number of nitrogen functional groups attached to an aromatic ring is 3. The van der Waals surface area contributed by atoms with Crippen LogP contribution in [0, 0.1) is 21.8 Å². The summed E-state index contributed by atoms with van der Waals surface area (Å²) >= 11 is 16.5. The molecule has 1 aliphatic carbocycles. The Labute approximate surface area is 820 Å². The van der Waals surface area contributed by atoms with E-state index in [1.54, 1.807) is 35.9 Å². The summed E-state index contributed by atoms with van der Waals surface area (Å²) in [6, 6.07) is 18.2. The largest absolute Gasteiger partial charge is 1.00 e. The molecule has 5 atom stereocenters. The molecule has 1 saturated carbocycles. The van der Waals surface area contributed by atoms with Gasteiger partial charge in [-0.1, -0.05) is 87.4 Å². The van der Waals surface area contributed by atoms with Crippen molar-refractivity contribution in [3.05, 3.63) is 115 Å². The van der Waals surface area contributed by atoms with Gasteiger partial charge in [-0.15, -0.1) is 4.90 Å². The van der Waals surface area contributed by atoms with Gasteiger partial charge in [0.05, 0.1) is 71.9 Å². The normalized spacial score (nSPS) is 19.4. The van der Waals surface area contributed by atoms with Crippen molar-refractivity contribution in [2.45, 2.75) is 185 Å². The fraction of sp³-hybridized carbons (Fsp3) is 0.462. The molecule has 0 radical (unpaired) electrons. The number of alkyl halides is 3. The van der Waals surface area contributed by atoms with E-state index in [0.717, 1.165) is 193 Å². The molecular formula is C78H95BrF3N38NaO7S6. The molecule has 3 spiro atoms. The Morgan fingerprint density at radius 1 is 0.552 bits per heavy atom. The first-order valence-corrected chi connectivity index (χ1v) is 46.7. The molecule has 56 heteroatoms. The Hall–Kier alpha value is -11.1. The Kier molecular flexibility index (Phi) is 34.6. The number of anilines is 6. The van der Waals surface area contributed by atoms with Crippen molar-refractivity contribution in [2.75, 3.05) is 84.4 Å². The van der Waals surface area contributed by atoms with Crippen LogP contribution < -0.4 is 83.7 Å². The number of benzene rings is 3. The number of fused-ring (bicyclic) bond motifs is 6. The Morgan fingerprint density at radius 2 is 0.940 bits per heavy atom. The van der Waals surface area contributed by atoms with Gasteiger partial charge in [-0.05, 0) is 238 Å². The number of hydrogen-bond acceptors (Lipinski definition) is 31. The van der Waals surface area contributed by atoms with Crippen LogP contribution in [-0.4, -0.2) is 177 Å².